The predicted molar refractivity (Wildman–Crippen MR) is 54.7 cm³/mol. The van der Waals surface area contributed by atoms with Crippen LogP contribution in [0, 0.1) is 11.8 Å². The first kappa shape index (κ1) is 12.6. The fourth-order valence-corrected chi connectivity index (χ4v) is 0.933. The minimum atomic E-state index is 0.102. The van der Waals surface area contributed by atoms with Gasteiger partial charge in [-0.2, -0.15) is 0 Å². The maximum Gasteiger partial charge on any atom is 0.160 e. The standard InChI is InChI=1S/C11H22O2/c1-9(2)6-5-7-13-8-11(12)10(3)4/h9-10H,5-8H2,1-4H3. The van der Waals surface area contributed by atoms with Gasteiger partial charge in [0.05, 0.1) is 0 Å². The first-order chi connectivity index (χ1) is 6.04. The summed E-state index contributed by atoms with van der Waals surface area (Å²) in [6.45, 7) is 9.20. The van der Waals surface area contributed by atoms with Crippen molar-refractivity contribution < 1.29 is 9.53 Å². The molecular weight excluding hydrogens is 164 g/mol. The van der Waals surface area contributed by atoms with E-state index in [2.05, 4.69) is 13.8 Å². The van der Waals surface area contributed by atoms with Gasteiger partial charge in [0.1, 0.15) is 6.61 Å². The van der Waals surface area contributed by atoms with Crippen molar-refractivity contribution in [3.05, 3.63) is 0 Å². The highest BCUT2D eigenvalue weighted by Gasteiger charge is 2.06. The van der Waals surface area contributed by atoms with Gasteiger partial charge in [0.2, 0.25) is 0 Å². The lowest BCUT2D eigenvalue weighted by Crippen LogP contribution is -2.15. The average Bonchev–Trinajstić information content (AvgIpc) is 2.02. The van der Waals surface area contributed by atoms with E-state index in [4.69, 9.17) is 4.74 Å². The largest absolute Gasteiger partial charge is 0.374 e. The van der Waals surface area contributed by atoms with E-state index in [9.17, 15) is 4.79 Å². The highest BCUT2D eigenvalue weighted by molar-refractivity contribution is 5.81. The van der Waals surface area contributed by atoms with E-state index in [1.54, 1.807) is 0 Å². The number of ether oxygens (including phenoxy) is 1. The molecule has 0 spiro atoms. The van der Waals surface area contributed by atoms with Crippen molar-refractivity contribution in [2.75, 3.05) is 13.2 Å². The lowest BCUT2D eigenvalue weighted by atomic mass is 10.1. The normalized spacial score (nSPS) is 11.2. The number of rotatable bonds is 7. The molecule has 0 aromatic heterocycles. The van der Waals surface area contributed by atoms with Gasteiger partial charge < -0.3 is 4.74 Å². The Labute approximate surface area is 81.7 Å². The summed E-state index contributed by atoms with van der Waals surface area (Å²) in [7, 11) is 0. The van der Waals surface area contributed by atoms with Gasteiger partial charge in [0.15, 0.2) is 5.78 Å². The summed E-state index contributed by atoms with van der Waals surface area (Å²) >= 11 is 0. The van der Waals surface area contributed by atoms with Crippen LogP contribution in [-0.4, -0.2) is 19.0 Å². The molecule has 0 amide bonds. The molecule has 0 aliphatic carbocycles. The summed E-state index contributed by atoms with van der Waals surface area (Å²) in [5, 5.41) is 0. The first-order valence-corrected chi connectivity index (χ1v) is 5.14. The molecule has 0 aliphatic rings. The number of hydrogen-bond acceptors (Lipinski definition) is 2. The molecule has 13 heavy (non-hydrogen) atoms. The van der Waals surface area contributed by atoms with Crippen LogP contribution in [0.2, 0.25) is 0 Å². The highest BCUT2D eigenvalue weighted by atomic mass is 16.5. The van der Waals surface area contributed by atoms with E-state index in [1.165, 1.54) is 6.42 Å². The van der Waals surface area contributed by atoms with Gasteiger partial charge >= 0.3 is 0 Å². The van der Waals surface area contributed by atoms with Gasteiger partial charge in [0, 0.05) is 12.5 Å². The molecular formula is C11H22O2. The Bertz CT molecular complexity index is 139. The van der Waals surface area contributed by atoms with Crippen molar-refractivity contribution in [2.24, 2.45) is 11.8 Å². The lowest BCUT2D eigenvalue weighted by Gasteiger charge is -2.06. The summed E-state index contributed by atoms with van der Waals surface area (Å²) < 4.78 is 5.26. The minimum absolute atomic E-state index is 0.102. The molecule has 0 aromatic rings. The van der Waals surface area contributed by atoms with Crippen molar-refractivity contribution in [3.8, 4) is 0 Å². The molecule has 0 saturated heterocycles. The summed E-state index contributed by atoms with van der Waals surface area (Å²) in [6, 6.07) is 0. The van der Waals surface area contributed by atoms with E-state index >= 15 is 0 Å². The van der Waals surface area contributed by atoms with E-state index in [1.807, 2.05) is 13.8 Å². The molecule has 0 N–H and O–H groups in total. The zero-order valence-corrected chi connectivity index (χ0v) is 9.30. The molecule has 78 valence electrons. The summed E-state index contributed by atoms with van der Waals surface area (Å²) in [5.41, 5.74) is 0. The maximum absolute atomic E-state index is 11.1. The zero-order chi connectivity index (χ0) is 10.3. The molecule has 0 aliphatic heterocycles. The first-order valence-electron chi connectivity index (χ1n) is 5.14. The van der Waals surface area contributed by atoms with Crippen molar-refractivity contribution in [1.82, 2.24) is 0 Å². The number of hydrogen-bond donors (Lipinski definition) is 0. The molecule has 2 heteroatoms. The van der Waals surface area contributed by atoms with Crippen LogP contribution in [0.1, 0.15) is 40.5 Å². The number of Topliss-reactive ketones (excluding diaryl/α,β-unsaturated/α-hetero) is 1. The second-order valence-electron chi connectivity index (χ2n) is 4.21. The van der Waals surface area contributed by atoms with Crippen LogP contribution in [0.4, 0.5) is 0 Å². The number of ketones is 1. The minimum Gasteiger partial charge on any atom is -0.374 e. The third kappa shape index (κ3) is 7.97. The topological polar surface area (TPSA) is 26.3 Å². The fraction of sp³-hybridized carbons (Fsp3) is 0.909. The Balaban J connectivity index is 3.21. The second-order valence-corrected chi connectivity index (χ2v) is 4.21. The Morgan fingerprint density at radius 1 is 1.23 bits per heavy atom. The van der Waals surface area contributed by atoms with Gasteiger partial charge in [-0.3, -0.25) is 4.79 Å². The maximum atomic E-state index is 11.1. The fourth-order valence-electron chi connectivity index (χ4n) is 0.933. The lowest BCUT2D eigenvalue weighted by molar-refractivity contribution is -0.126. The Kier molecular flexibility index (Phi) is 6.87. The van der Waals surface area contributed by atoms with Crippen LogP contribution in [0.3, 0.4) is 0 Å². The van der Waals surface area contributed by atoms with Crippen molar-refractivity contribution in [2.45, 2.75) is 40.5 Å². The molecule has 0 bridgehead atoms. The third-order valence-corrected chi connectivity index (χ3v) is 1.96. The van der Waals surface area contributed by atoms with E-state index < -0.39 is 0 Å². The summed E-state index contributed by atoms with van der Waals surface area (Å²) in [6.07, 6.45) is 2.24. The number of carbonyl (C=O) groups is 1. The molecule has 0 heterocycles. The summed E-state index contributed by atoms with van der Waals surface area (Å²) in [4.78, 5) is 11.1. The number of carbonyl (C=O) groups excluding carboxylic acids is 1. The molecule has 0 atom stereocenters. The Hall–Kier alpha value is -0.370. The highest BCUT2D eigenvalue weighted by Crippen LogP contribution is 2.03. The molecule has 0 aromatic carbocycles. The van der Waals surface area contributed by atoms with Crippen molar-refractivity contribution in [1.29, 1.82) is 0 Å². The van der Waals surface area contributed by atoms with Crippen molar-refractivity contribution in [3.63, 3.8) is 0 Å². The van der Waals surface area contributed by atoms with Crippen LogP contribution >= 0.6 is 0 Å². The van der Waals surface area contributed by atoms with Crippen LogP contribution < -0.4 is 0 Å². The van der Waals surface area contributed by atoms with E-state index in [0.717, 1.165) is 18.9 Å². The molecule has 0 radical (unpaired) electrons. The van der Waals surface area contributed by atoms with Gasteiger partial charge in [-0.25, -0.2) is 0 Å². The smallest absolute Gasteiger partial charge is 0.160 e. The van der Waals surface area contributed by atoms with Gasteiger partial charge in [-0.05, 0) is 18.8 Å². The molecule has 2 nitrogen and oxygen atoms in total. The van der Waals surface area contributed by atoms with Gasteiger partial charge in [-0.15, -0.1) is 0 Å². The van der Waals surface area contributed by atoms with Crippen LogP contribution in [0.5, 0.6) is 0 Å². The zero-order valence-electron chi connectivity index (χ0n) is 9.30. The quantitative estimate of drug-likeness (QED) is 0.571. The van der Waals surface area contributed by atoms with E-state index in [-0.39, 0.29) is 18.3 Å². The molecule has 0 unspecified atom stereocenters. The summed E-state index contributed by atoms with van der Waals surface area (Å²) in [5.74, 6) is 1.03. The third-order valence-electron chi connectivity index (χ3n) is 1.96. The molecule has 0 fully saturated rings. The SMILES string of the molecule is CC(C)CCCOCC(=O)C(C)C. The molecule has 0 rings (SSSR count). The average molecular weight is 186 g/mol. The monoisotopic (exact) mass is 186 g/mol. The van der Waals surface area contributed by atoms with Crippen molar-refractivity contribution >= 4 is 5.78 Å². The predicted octanol–water partition coefficient (Wildman–Crippen LogP) is 2.66. The van der Waals surface area contributed by atoms with Crippen LogP contribution in [-0.2, 0) is 9.53 Å². The van der Waals surface area contributed by atoms with Crippen LogP contribution in [0.15, 0.2) is 0 Å². The Morgan fingerprint density at radius 2 is 1.85 bits per heavy atom. The second kappa shape index (κ2) is 7.07. The van der Waals surface area contributed by atoms with E-state index in [0.29, 0.717) is 0 Å². The Morgan fingerprint density at radius 3 is 2.31 bits per heavy atom. The molecule has 0 saturated carbocycles. The van der Waals surface area contributed by atoms with Crippen LogP contribution in [0.25, 0.3) is 0 Å². The van der Waals surface area contributed by atoms with Gasteiger partial charge in [-0.1, -0.05) is 27.7 Å². The van der Waals surface area contributed by atoms with Gasteiger partial charge in [0.25, 0.3) is 0 Å².